The molecule has 0 saturated carbocycles. The van der Waals surface area contributed by atoms with E-state index in [-0.39, 0.29) is 11.8 Å². The van der Waals surface area contributed by atoms with E-state index >= 15 is 0 Å². The molecule has 9 nitrogen and oxygen atoms in total. The van der Waals surface area contributed by atoms with Crippen molar-refractivity contribution in [1.82, 2.24) is 25.4 Å². The van der Waals surface area contributed by atoms with Crippen LogP contribution in [0.2, 0.25) is 0 Å². The molecule has 4 aliphatic heterocycles. The molecule has 0 aliphatic carbocycles. The topological polar surface area (TPSA) is 101 Å². The van der Waals surface area contributed by atoms with E-state index in [1.165, 1.54) is 0 Å². The molecule has 0 N–H and O–H groups in total. The fourth-order valence-electron chi connectivity index (χ4n) is 5.40. The Balaban J connectivity index is 1.20. The highest BCUT2D eigenvalue weighted by molar-refractivity contribution is 7.99. The number of hydrogen-bond donors (Lipinski definition) is 0. The summed E-state index contributed by atoms with van der Waals surface area (Å²) < 4.78 is 23.6. The lowest BCUT2D eigenvalue weighted by Gasteiger charge is -2.27. The quantitative estimate of drug-likeness (QED) is 0.366. The van der Waals surface area contributed by atoms with Gasteiger partial charge in [0.05, 0.1) is 35.4 Å². The third-order valence-corrected chi connectivity index (χ3v) is 9.00. The normalized spacial score (nSPS) is 20.6. The van der Waals surface area contributed by atoms with Gasteiger partial charge in [-0.15, -0.1) is 20.4 Å². The number of pyridine rings is 1. The summed E-state index contributed by atoms with van der Waals surface area (Å²) in [5, 5.41) is 18.1. The molecule has 8 rings (SSSR count). The summed E-state index contributed by atoms with van der Waals surface area (Å²) in [6.45, 7) is 1.74. The predicted molar refractivity (Wildman–Crippen MR) is 139 cm³/mol. The van der Waals surface area contributed by atoms with Crippen LogP contribution in [-0.2, 0) is 0 Å². The molecule has 2 atom stereocenters. The minimum atomic E-state index is 0.0212. The van der Waals surface area contributed by atoms with Crippen LogP contribution < -0.4 is 18.9 Å². The van der Waals surface area contributed by atoms with Crippen molar-refractivity contribution < 1.29 is 18.9 Å². The molecule has 1 aromatic carbocycles. The van der Waals surface area contributed by atoms with E-state index in [9.17, 15) is 0 Å². The molecule has 0 spiro atoms. The monoisotopic (exact) mass is 542 g/mol. The van der Waals surface area contributed by atoms with Gasteiger partial charge in [-0.05, 0) is 18.1 Å². The zero-order valence-corrected chi connectivity index (χ0v) is 21.7. The molecule has 0 saturated heterocycles. The molecular formula is C27H20N5O4S2. The average Bonchev–Trinajstić information content (AvgIpc) is 3.62. The van der Waals surface area contributed by atoms with Crippen molar-refractivity contribution in [2.24, 2.45) is 0 Å². The third kappa shape index (κ3) is 3.67. The lowest BCUT2D eigenvalue weighted by Crippen LogP contribution is -2.19. The fourth-order valence-corrected chi connectivity index (χ4v) is 6.82. The van der Waals surface area contributed by atoms with Crippen LogP contribution in [0.5, 0.6) is 23.1 Å². The predicted octanol–water partition coefficient (Wildman–Crippen LogP) is 4.49. The summed E-state index contributed by atoms with van der Waals surface area (Å²) >= 11 is 3.31. The van der Waals surface area contributed by atoms with Crippen molar-refractivity contribution in [3.05, 3.63) is 65.1 Å². The zero-order valence-electron chi connectivity index (χ0n) is 20.0. The zero-order chi connectivity index (χ0) is 25.1. The number of thioether (sulfide) groups is 2. The molecule has 2 unspecified atom stereocenters. The van der Waals surface area contributed by atoms with Gasteiger partial charge in [0.25, 0.3) is 0 Å². The van der Waals surface area contributed by atoms with Crippen LogP contribution in [0.15, 0.2) is 46.5 Å². The number of benzene rings is 1. The Bertz CT molecular complexity index is 1590. The van der Waals surface area contributed by atoms with Crippen molar-refractivity contribution >= 4 is 23.5 Å². The van der Waals surface area contributed by atoms with Gasteiger partial charge in [0, 0.05) is 46.7 Å². The van der Waals surface area contributed by atoms with Crippen LogP contribution in [-0.4, -0.2) is 56.9 Å². The fraction of sp³-hybridized carbons (Fsp3) is 0.296. The standard InChI is InChI=1S/C27H20N5O4S2/c1-2-21-16(18(12-35-21)19-8-22-24(11-28-19)38-13-36-22)7-14(1)15-3-4-34-26-25(15)17(10-29-31-26)20-9-23-27(32-30-20)37-6-5-33-23/h1-2,7-9,11,15,18H,3-6,12-13H2. The summed E-state index contributed by atoms with van der Waals surface area (Å²) in [4.78, 5) is 5.83. The van der Waals surface area contributed by atoms with E-state index in [0.717, 1.165) is 67.3 Å². The van der Waals surface area contributed by atoms with Gasteiger partial charge >= 0.3 is 0 Å². The van der Waals surface area contributed by atoms with Crippen molar-refractivity contribution in [3.63, 3.8) is 0 Å². The Morgan fingerprint density at radius 3 is 2.87 bits per heavy atom. The van der Waals surface area contributed by atoms with Crippen LogP contribution in [0.4, 0.5) is 0 Å². The molecule has 0 amide bonds. The maximum Gasteiger partial charge on any atom is 0.238 e. The van der Waals surface area contributed by atoms with Gasteiger partial charge in [0.15, 0.2) is 10.8 Å². The van der Waals surface area contributed by atoms with Gasteiger partial charge < -0.3 is 18.9 Å². The first-order valence-corrected chi connectivity index (χ1v) is 14.4. The summed E-state index contributed by atoms with van der Waals surface area (Å²) in [5.74, 6) is 4.58. The molecule has 189 valence electrons. The maximum atomic E-state index is 6.07. The minimum Gasteiger partial charge on any atom is -0.492 e. The first kappa shape index (κ1) is 22.4. The first-order chi connectivity index (χ1) is 18.8. The average molecular weight is 543 g/mol. The number of fused-ring (bicyclic) bond motifs is 4. The second kappa shape index (κ2) is 9.02. The van der Waals surface area contributed by atoms with Crippen molar-refractivity contribution in [2.45, 2.75) is 28.2 Å². The molecule has 11 heteroatoms. The minimum absolute atomic E-state index is 0.0212. The highest BCUT2D eigenvalue weighted by atomic mass is 32.2. The maximum absolute atomic E-state index is 6.07. The third-order valence-electron chi connectivity index (χ3n) is 7.21. The molecule has 0 fully saturated rings. The van der Waals surface area contributed by atoms with Gasteiger partial charge in [-0.1, -0.05) is 35.7 Å². The Labute approximate surface area is 226 Å². The van der Waals surface area contributed by atoms with Gasteiger partial charge in [0.2, 0.25) is 5.88 Å². The molecule has 4 aromatic rings. The molecule has 7 heterocycles. The van der Waals surface area contributed by atoms with Crippen LogP contribution in [0.3, 0.4) is 0 Å². The number of nitrogens with zero attached hydrogens (tertiary/aromatic N) is 5. The largest absolute Gasteiger partial charge is 0.492 e. The smallest absolute Gasteiger partial charge is 0.238 e. The van der Waals surface area contributed by atoms with Crippen molar-refractivity contribution in [1.29, 1.82) is 0 Å². The molecule has 3 aromatic heterocycles. The SMILES string of the molecule is [c]1nnc2c(c1-c1cc3c(nn1)SCCO3)C(c1ccc3c(c1)C(c1cc4c(cn1)SCO4)CO3)CCO2. The van der Waals surface area contributed by atoms with Gasteiger partial charge in [-0.2, -0.15) is 0 Å². The lowest BCUT2D eigenvalue weighted by atomic mass is 9.83. The Morgan fingerprint density at radius 1 is 0.868 bits per heavy atom. The van der Waals surface area contributed by atoms with E-state index < -0.39 is 0 Å². The summed E-state index contributed by atoms with van der Waals surface area (Å²) in [5.41, 5.74) is 5.53. The van der Waals surface area contributed by atoms with Gasteiger partial charge in [-0.25, -0.2) is 0 Å². The summed E-state index contributed by atoms with van der Waals surface area (Å²) in [7, 11) is 0. The van der Waals surface area contributed by atoms with Gasteiger partial charge in [0.1, 0.15) is 30.2 Å². The molecule has 4 aliphatic rings. The Morgan fingerprint density at radius 2 is 1.87 bits per heavy atom. The van der Waals surface area contributed by atoms with Crippen LogP contribution in [0.25, 0.3) is 11.3 Å². The number of rotatable bonds is 3. The van der Waals surface area contributed by atoms with Crippen molar-refractivity contribution in [3.8, 4) is 34.4 Å². The summed E-state index contributed by atoms with van der Waals surface area (Å²) in [6.07, 6.45) is 5.77. The van der Waals surface area contributed by atoms with Gasteiger partial charge in [-0.3, -0.25) is 4.98 Å². The number of ether oxygens (including phenoxy) is 4. The number of hydrogen-bond acceptors (Lipinski definition) is 11. The van der Waals surface area contributed by atoms with E-state index in [0.29, 0.717) is 37.3 Å². The Hall–Kier alpha value is -3.57. The van der Waals surface area contributed by atoms with E-state index in [2.05, 4.69) is 44.8 Å². The second-order valence-corrected chi connectivity index (χ2v) is 11.4. The molecule has 0 bridgehead atoms. The van der Waals surface area contributed by atoms with E-state index in [4.69, 9.17) is 23.9 Å². The molecule has 1 radical (unpaired) electrons. The summed E-state index contributed by atoms with van der Waals surface area (Å²) in [6, 6.07) is 10.4. The van der Waals surface area contributed by atoms with E-state index in [1.54, 1.807) is 23.5 Å². The van der Waals surface area contributed by atoms with E-state index in [1.807, 2.05) is 18.3 Å². The second-order valence-electron chi connectivity index (χ2n) is 9.31. The highest BCUT2D eigenvalue weighted by Crippen LogP contribution is 2.47. The van der Waals surface area contributed by atoms with Crippen molar-refractivity contribution in [2.75, 3.05) is 31.5 Å². The number of aromatic nitrogens is 5. The van der Waals surface area contributed by atoms with Crippen LogP contribution in [0, 0.1) is 6.20 Å². The lowest BCUT2D eigenvalue weighted by molar-refractivity contribution is 0.262. The highest BCUT2D eigenvalue weighted by Gasteiger charge is 2.33. The van der Waals surface area contributed by atoms with Crippen LogP contribution in [0.1, 0.15) is 40.6 Å². The molecular weight excluding hydrogens is 522 g/mol. The Kier molecular flexibility index (Phi) is 5.32. The molecule has 38 heavy (non-hydrogen) atoms. The first-order valence-electron chi connectivity index (χ1n) is 12.4. The van der Waals surface area contributed by atoms with Crippen LogP contribution >= 0.6 is 23.5 Å².